The lowest BCUT2D eigenvalue weighted by atomic mass is 10.1. The minimum absolute atomic E-state index is 0.129. The summed E-state index contributed by atoms with van der Waals surface area (Å²) in [6.07, 6.45) is 0.129. The molecule has 2 rings (SSSR count). The van der Waals surface area contributed by atoms with Crippen molar-refractivity contribution in [1.82, 2.24) is 4.90 Å². The van der Waals surface area contributed by atoms with E-state index in [-0.39, 0.29) is 6.42 Å². The Labute approximate surface area is 144 Å². The lowest BCUT2D eigenvalue weighted by molar-refractivity contribution is -0.137. The number of hydrogen-bond acceptors (Lipinski definition) is 3. The third kappa shape index (κ3) is 6.04. The van der Waals surface area contributed by atoms with Gasteiger partial charge in [-0.3, -0.25) is 9.69 Å². The molecule has 2 aromatic rings. The molecule has 2 aromatic carbocycles. The van der Waals surface area contributed by atoms with E-state index in [1.165, 1.54) is 0 Å². The fourth-order valence-corrected chi connectivity index (χ4v) is 2.80. The maximum absolute atomic E-state index is 10.9. The predicted octanol–water partition coefficient (Wildman–Crippen LogP) is 3.93. The Morgan fingerprint density at radius 3 is 2.43 bits per heavy atom. The lowest BCUT2D eigenvalue weighted by Gasteiger charge is -2.22. The highest BCUT2D eigenvalue weighted by Crippen LogP contribution is 2.17. The Balaban J connectivity index is 2.07. The van der Waals surface area contributed by atoms with Gasteiger partial charge < -0.3 is 9.84 Å². The van der Waals surface area contributed by atoms with Gasteiger partial charge in [0.2, 0.25) is 0 Å². The molecule has 0 aliphatic carbocycles. The quantitative estimate of drug-likeness (QED) is 0.756. The second-order valence-corrected chi connectivity index (χ2v) is 6.25. The molecule has 4 nitrogen and oxygen atoms in total. The average Bonchev–Trinajstić information content (AvgIpc) is 2.53. The number of nitrogens with zero attached hydrogens (tertiary/aromatic N) is 1. The Bertz CT molecular complexity index is 643. The van der Waals surface area contributed by atoms with Crippen LogP contribution in [0.25, 0.3) is 0 Å². The molecule has 0 amide bonds. The molecule has 0 aliphatic heterocycles. The van der Waals surface area contributed by atoms with Gasteiger partial charge in [0.15, 0.2) is 0 Å². The SMILES string of the molecule is COc1ccc(CN(CCC(=O)O)Cc2cccc(Br)c2)cc1. The van der Waals surface area contributed by atoms with Crippen molar-refractivity contribution in [3.05, 3.63) is 64.1 Å². The number of benzene rings is 2. The number of carboxylic acid groups (broad SMARTS) is 1. The third-order valence-corrected chi connectivity index (χ3v) is 4.00. The highest BCUT2D eigenvalue weighted by atomic mass is 79.9. The topological polar surface area (TPSA) is 49.8 Å². The average molecular weight is 378 g/mol. The van der Waals surface area contributed by atoms with Gasteiger partial charge in [0.25, 0.3) is 0 Å². The molecular weight excluding hydrogens is 358 g/mol. The maximum Gasteiger partial charge on any atom is 0.304 e. The van der Waals surface area contributed by atoms with E-state index in [0.29, 0.717) is 19.6 Å². The van der Waals surface area contributed by atoms with Crippen molar-refractivity contribution in [1.29, 1.82) is 0 Å². The molecule has 0 fully saturated rings. The lowest BCUT2D eigenvalue weighted by Crippen LogP contribution is -2.25. The van der Waals surface area contributed by atoms with Crippen LogP contribution in [0.2, 0.25) is 0 Å². The van der Waals surface area contributed by atoms with Gasteiger partial charge in [0.1, 0.15) is 5.75 Å². The molecule has 0 aromatic heterocycles. The van der Waals surface area contributed by atoms with E-state index in [1.54, 1.807) is 7.11 Å². The van der Waals surface area contributed by atoms with Crippen LogP contribution in [0.1, 0.15) is 17.5 Å². The summed E-state index contributed by atoms with van der Waals surface area (Å²) in [5.74, 6) is 0.0387. The first kappa shape index (κ1) is 17.5. The van der Waals surface area contributed by atoms with Crippen molar-refractivity contribution < 1.29 is 14.6 Å². The summed E-state index contributed by atoms with van der Waals surface area (Å²) in [5.41, 5.74) is 2.28. The summed E-state index contributed by atoms with van der Waals surface area (Å²) in [4.78, 5) is 13.0. The molecule has 0 saturated heterocycles. The zero-order valence-corrected chi connectivity index (χ0v) is 14.6. The smallest absolute Gasteiger partial charge is 0.304 e. The number of carbonyl (C=O) groups is 1. The minimum atomic E-state index is -0.779. The Kier molecular flexibility index (Phi) is 6.62. The fraction of sp³-hybridized carbons (Fsp3) is 0.278. The Hall–Kier alpha value is -1.85. The number of ether oxygens (including phenoxy) is 1. The summed E-state index contributed by atoms with van der Waals surface area (Å²) in [7, 11) is 1.64. The molecule has 0 bridgehead atoms. The first-order valence-electron chi connectivity index (χ1n) is 7.38. The van der Waals surface area contributed by atoms with Crippen molar-refractivity contribution in [2.24, 2.45) is 0 Å². The van der Waals surface area contributed by atoms with E-state index in [1.807, 2.05) is 42.5 Å². The summed E-state index contributed by atoms with van der Waals surface area (Å²) < 4.78 is 6.19. The molecule has 0 unspecified atom stereocenters. The van der Waals surface area contributed by atoms with Crippen LogP contribution < -0.4 is 4.74 Å². The van der Waals surface area contributed by atoms with Crippen LogP contribution in [0.4, 0.5) is 0 Å². The van der Waals surface area contributed by atoms with E-state index in [0.717, 1.165) is 21.3 Å². The summed E-state index contributed by atoms with van der Waals surface area (Å²) in [6, 6.07) is 15.9. The van der Waals surface area contributed by atoms with Crippen LogP contribution >= 0.6 is 15.9 Å². The van der Waals surface area contributed by atoms with Gasteiger partial charge in [-0.2, -0.15) is 0 Å². The van der Waals surface area contributed by atoms with E-state index in [9.17, 15) is 4.79 Å². The molecule has 1 N–H and O–H groups in total. The number of carboxylic acids is 1. The minimum Gasteiger partial charge on any atom is -0.497 e. The van der Waals surface area contributed by atoms with Crippen LogP contribution in [0.15, 0.2) is 53.0 Å². The third-order valence-electron chi connectivity index (χ3n) is 3.50. The molecule has 0 radical (unpaired) electrons. The van der Waals surface area contributed by atoms with Crippen molar-refractivity contribution in [3.8, 4) is 5.75 Å². The normalized spacial score (nSPS) is 10.7. The number of methoxy groups -OCH3 is 1. The zero-order valence-electron chi connectivity index (χ0n) is 13.0. The van der Waals surface area contributed by atoms with Crippen LogP contribution in [0, 0.1) is 0 Å². The number of hydrogen-bond donors (Lipinski definition) is 1. The number of aliphatic carboxylic acids is 1. The number of rotatable bonds is 8. The van der Waals surface area contributed by atoms with Gasteiger partial charge >= 0.3 is 5.97 Å². The first-order valence-corrected chi connectivity index (χ1v) is 8.17. The molecule has 122 valence electrons. The molecule has 5 heteroatoms. The van der Waals surface area contributed by atoms with Crippen molar-refractivity contribution >= 4 is 21.9 Å². The van der Waals surface area contributed by atoms with Gasteiger partial charge in [0, 0.05) is 24.1 Å². The highest BCUT2D eigenvalue weighted by Gasteiger charge is 2.10. The molecular formula is C18H20BrNO3. The van der Waals surface area contributed by atoms with Crippen molar-refractivity contribution in [2.45, 2.75) is 19.5 Å². The molecule has 23 heavy (non-hydrogen) atoms. The molecule has 0 heterocycles. The molecule has 0 spiro atoms. The van der Waals surface area contributed by atoms with Gasteiger partial charge in [-0.25, -0.2) is 0 Å². The second kappa shape index (κ2) is 8.70. The second-order valence-electron chi connectivity index (χ2n) is 5.33. The first-order chi connectivity index (χ1) is 11.1. The van der Waals surface area contributed by atoms with Crippen LogP contribution in [-0.4, -0.2) is 29.6 Å². The van der Waals surface area contributed by atoms with Gasteiger partial charge in [-0.1, -0.05) is 40.2 Å². The monoisotopic (exact) mass is 377 g/mol. The molecule has 0 saturated carbocycles. The highest BCUT2D eigenvalue weighted by molar-refractivity contribution is 9.10. The summed E-state index contributed by atoms with van der Waals surface area (Å²) in [6.45, 7) is 1.91. The van der Waals surface area contributed by atoms with Crippen molar-refractivity contribution in [3.63, 3.8) is 0 Å². The van der Waals surface area contributed by atoms with E-state index in [2.05, 4.69) is 26.9 Å². The predicted molar refractivity (Wildman–Crippen MR) is 93.5 cm³/mol. The summed E-state index contributed by atoms with van der Waals surface area (Å²) in [5, 5.41) is 8.96. The van der Waals surface area contributed by atoms with E-state index in [4.69, 9.17) is 9.84 Å². The zero-order chi connectivity index (χ0) is 16.7. The van der Waals surface area contributed by atoms with E-state index < -0.39 is 5.97 Å². The van der Waals surface area contributed by atoms with Crippen LogP contribution in [0.5, 0.6) is 5.75 Å². The Morgan fingerprint density at radius 2 is 1.83 bits per heavy atom. The standard InChI is InChI=1S/C18H20BrNO3/c1-23-17-7-5-14(6-8-17)12-20(10-9-18(21)22)13-15-3-2-4-16(19)11-15/h2-8,11H,9-10,12-13H2,1H3,(H,21,22). The molecule has 0 atom stereocenters. The Morgan fingerprint density at radius 1 is 1.13 bits per heavy atom. The largest absolute Gasteiger partial charge is 0.497 e. The molecule has 0 aliphatic rings. The van der Waals surface area contributed by atoms with Gasteiger partial charge in [-0.15, -0.1) is 0 Å². The fourth-order valence-electron chi connectivity index (χ4n) is 2.35. The maximum atomic E-state index is 10.9. The number of halogens is 1. The van der Waals surface area contributed by atoms with Gasteiger partial charge in [0.05, 0.1) is 13.5 Å². The van der Waals surface area contributed by atoms with Gasteiger partial charge in [-0.05, 0) is 35.4 Å². The summed E-state index contributed by atoms with van der Waals surface area (Å²) >= 11 is 3.47. The van der Waals surface area contributed by atoms with Crippen LogP contribution in [0.3, 0.4) is 0 Å². The van der Waals surface area contributed by atoms with Crippen LogP contribution in [-0.2, 0) is 17.9 Å². The van der Waals surface area contributed by atoms with Crippen molar-refractivity contribution in [2.75, 3.05) is 13.7 Å². The van der Waals surface area contributed by atoms with E-state index >= 15 is 0 Å².